The van der Waals surface area contributed by atoms with E-state index in [9.17, 15) is 0 Å². The van der Waals surface area contributed by atoms with Gasteiger partial charge in [-0.1, -0.05) is 27.5 Å². The van der Waals surface area contributed by atoms with Crippen LogP contribution in [0.2, 0.25) is 5.02 Å². The fourth-order valence-corrected chi connectivity index (χ4v) is 2.78. The highest BCUT2D eigenvalue weighted by molar-refractivity contribution is 9.10. The van der Waals surface area contributed by atoms with Crippen LogP contribution in [0.3, 0.4) is 0 Å². The zero-order chi connectivity index (χ0) is 10.1. The predicted molar refractivity (Wildman–Crippen MR) is 63.7 cm³/mol. The van der Waals surface area contributed by atoms with Gasteiger partial charge < -0.3 is 5.73 Å². The van der Waals surface area contributed by atoms with E-state index in [2.05, 4.69) is 22.0 Å². The summed E-state index contributed by atoms with van der Waals surface area (Å²) in [5.74, 6) is 0.551. The van der Waals surface area contributed by atoms with Gasteiger partial charge in [0.25, 0.3) is 0 Å². The van der Waals surface area contributed by atoms with Crippen LogP contribution in [0.1, 0.15) is 30.7 Å². The van der Waals surface area contributed by atoms with Gasteiger partial charge in [0.05, 0.1) is 0 Å². The Balaban J connectivity index is 2.27. The third-order valence-electron chi connectivity index (χ3n) is 2.87. The fourth-order valence-electron chi connectivity index (χ4n) is 2.13. The molecule has 0 heterocycles. The molecule has 3 heteroatoms. The topological polar surface area (TPSA) is 26.0 Å². The summed E-state index contributed by atoms with van der Waals surface area (Å²) in [5.41, 5.74) is 7.14. The normalized spacial score (nSPS) is 26.8. The average molecular weight is 275 g/mol. The predicted octanol–water partition coefficient (Wildman–Crippen LogP) is 3.70. The summed E-state index contributed by atoms with van der Waals surface area (Å²) < 4.78 is 1.09. The van der Waals surface area contributed by atoms with E-state index in [-0.39, 0.29) is 0 Å². The summed E-state index contributed by atoms with van der Waals surface area (Å²) in [5, 5.41) is 0.868. The summed E-state index contributed by atoms with van der Waals surface area (Å²) >= 11 is 9.63. The average Bonchev–Trinajstić information content (AvgIpc) is 2.56. The fraction of sp³-hybridized carbons (Fsp3) is 0.455. The number of benzene rings is 1. The molecular formula is C11H13BrClN. The van der Waals surface area contributed by atoms with Gasteiger partial charge in [0.2, 0.25) is 0 Å². The minimum atomic E-state index is 0.357. The molecule has 1 saturated carbocycles. The minimum Gasteiger partial charge on any atom is -0.328 e. The standard InChI is InChI=1S/C11H13BrClN/c12-8-2-4-11(13)10(6-8)7-1-3-9(14)5-7/h2,4,6-7,9H,1,3,5,14H2. The zero-order valence-corrected chi connectivity index (χ0v) is 10.2. The molecule has 0 bridgehead atoms. The van der Waals surface area contributed by atoms with Crippen LogP contribution in [0.25, 0.3) is 0 Å². The molecule has 2 atom stereocenters. The second kappa shape index (κ2) is 4.21. The van der Waals surface area contributed by atoms with Gasteiger partial charge in [0.15, 0.2) is 0 Å². The molecule has 0 amide bonds. The van der Waals surface area contributed by atoms with Gasteiger partial charge in [0, 0.05) is 15.5 Å². The largest absolute Gasteiger partial charge is 0.328 e. The highest BCUT2D eigenvalue weighted by Gasteiger charge is 2.24. The van der Waals surface area contributed by atoms with Crippen LogP contribution in [-0.4, -0.2) is 6.04 Å². The minimum absolute atomic E-state index is 0.357. The van der Waals surface area contributed by atoms with Crippen molar-refractivity contribution >= 4 is 27.5 Å². The maximum Gasteiger partial charge on any atom is 0.0441 e. The maximum atomic E-state index is 6.16. The van der Waals surface area contributed by atoms with Crippen molar-refractivity contribution in [2.75, 3.05) is 0 Å². The Bertz CT molecular complexity index is 340. The van der Waals surface area contributed by atoms with Crippen LogP contribution < -0.4 is 5.73 Å². The summed E-state index contributed by atoms with van der Waals surface area (Å²) in [6.45, 7) is 0. The first-order valence-corrected chi connectivity index (χ1v) is 6.04. The molecule has 0 aromatic heterocycles. The second-order valence-corrected chi connectivity index (χ2v) is 5.26. The Morgan fingerprint density at radius 2 is 2.14 bits per heavy atom. The molecule has 1 aromatic carbocycles. The number of hydrogen-bond acceptors (Lipinski definition) is 1. The summed E-state index contributed by atoms with van der Waals surface area (Å²) in [6.07, 6.45) is 3.35. The number of nitrogens with two attached hydrogens (primary N) is 1. The van der Waals surface area contributed by atoms with Crippen molar-refractivity contribution in [1.82, 2.24) is 0 Å². The molecule has 0 saturated heterocycles. The highest BCUT2D eigenvalue weighted by atomic mass is 79.9. The second-order valence-electron chi connectivity index (χ2n) is 3.94. The lowest BCUT2D eigenvalue weighted by atomic mass is 9.97. The van der Waals surface area contributed by atoms with Gasteiger partial charge in [-0.25, -0.2) is 0 Å². The molecule has 1 aliphatic rings. The molecule has 0 aliphatic heterocycles. The molecule has 0 spiro atoms. The lowest BCUT2D eigenvalue weighted by Crippen LogP contribution is -2.14. The van der Waals surface area contributed by atoms with Crippen LogP contribution in [-0.2, 0) is 0 Å². The van der Waals surface area contributed by atoms with Crippen LogP contribution >= 0.6 is 27.5 Å². The Kier molecular flexibility index (Phi) is 3.15. The molecule has 2 N–H and O–H groups in total. The number of halogens is 2. The van der Waals surface area contributed by atoms with Crippen molar-refractivity contribution in [2.24, 2.45) is 5.73 Å². The Labute approximate surface area is 97.8 Å². The van der Waals surface area contributed by atoms with Gasteiger partial charge in [-0.3, -0.25) is 0 Å². The number of hydrogen-bond donors (Lipinski definition) is 1. The van der Waals surface area contributed by atoms with Gasteiger partial charge in [-0.15, -0.1) is 0 Å². The zero-order valence-electron chi connectivity index (χ0n) is 7.84. The molecule has 2 unspecified atom stereocenters. The van der Waals surface area contributed by atoms with E-state index < -0.39 is 0 Å². The van der Waals surface area contributed by atoms with Gasteiger partial charge >= 0.3 is 0 Å². The quantitative estimate of drug-likeness (QED) is 0.830. The van der Waals surface area contributed by atoms with Crippen molar-refractivity contribution < 1.29 is 0 Å². The van der Waals surface area contributed by atoms with Crippen molar-refractivity contribution in [2.45, 2.75) is 31.2 Å². The Hall–Kier alpha value is -0.0500. The molecule has 1 aliphatic carbocycles. The van der Waals surface area contributed by atoms with E-state index >= 15 is 0 Å². The first kappa shape index (κ1) is 10.5. The third-order valence-corrected chi connectivity index (χ3v) is 3.71. The third kappa shape index (κ3) is 2.13. The highest BCUT2D eigenvalue weighted by Crippen LogP contribution is 2.38. The molecule has 1 nitrogen and oxygen atoms in total. The first-order chi connectivity index (χ1) is 6.66. The maximum absolute atomic E-state index is 6.16. The van der Waals surface area contributed by atoms with Gasteiger partial charge in [-0.2, -0.15) is 0 Å². The van der Waals surface area contributed by atoms with Crippen molar-refractivity contribution in [1.29, 1.82) is 0 Å². The van der Waals surface area contributed by atoms with E-state index in [0.717, 1.165) is 28.8 Å². The van der Waals surface area contributed by atoms with Crippen molar-refractivity contribution in [3.8, 4) is 0 Å². The van der Waals surface area contributed by atoms with Crippen molar-refractivity contribution in [3.63, 3.8) is 0 Å². The molecule has 1 fully saturated rings. The molecule has 2 rings (SSSR count). The van der Waals surface area contributed by atoms with Crippen LogP contribution in [0.15, 0.2) is 22.7 Å². The molecular weight excluding hydrogens is 261 g/mol. The van der Waals surface area contributed by atoms with E-state index in [4.69, 9.17) is 17.3 Å². The molecule has 1 aromatic rings. The summed E-state index contributed by atoms with van der Waals surface area (Å²) in [4.78, 5) is 0. The van der Waals surface area contributed by atoms with Gasteiger partial charge in [0.1, 0.15) is 0 Å². The lowest BCUT2D eigenvalue weighted by molar-refractivity contribution is 0.674. The van der Waals surface area contributed by atoms with E-state index in [1.807, 2.05) is 12.1 Å². The van der Waals surface area contributed by atoms with E-state index in [0.29, 0.717) is 12.0 Å². The summed E-state index contributed by atoms with van der Waals surface area (Å²) in [6, 6.07) is 6.39. The Morgan fingerprint density at radius 1 is 1.36 bits per heavy atom. The molecule has 14 heavy (non-hydrogen) atoms. The molecule has 76 valence electrons. The Morgan fingerprint density at radius 3 is 2.79 bits per heavy atom. The smallest absolute Gasteiger partial charge is 0.0441 e. The SMILES string of the molecule is NC1CCC(c2cc(Br)ccc2Cl)C1. The van der Waals surface area contributed by atoms with Crippen molar-refractivity contribution in [3.05, 3.63) is 33.3 Å². The van der Waals surface area contributed by atoms with Gasteiger partial charge in [-0.05, 0) is 48.9 Å². The monoisotopic (exact) mass is 273 g/mol. The van der Waals surface area contributed by atoms with E-state index in [1.165, 1.54) is 5.56 Å². The molecule has 0 radical (unpaired) electrons. The van der Waals surface area contributed by atoms with Crippen LogP contribution in [0.5, 0.6) is 0 Å². The summed E-state index contributed by atoms with van der Waals surface area (Å²) in [7, 11) is 0. The van der Waals surface area contributed by atoms with Crippen LogP contribution in [0.4, 0.5) is 0 Å². The first-order valence-electron chi connectivity index (χ1n) is 4.87. The number of rotatable bonds is 1. The van der Waals surface area contributed by atoms with E-state index in [1.54, 1.807) is 0 Å². The van der Waals surface area contributed by atoms with Crippen LogP contribution in [0, 0.1) is 0 Å². The lowest BCUT2D eigenvalue weighted by Gasteiger charge is -2.12.